The van der Waals surface area contributed by atoms with Crippen molar-refractivity contribution in [2.24, 2.45) is 0 Å². The van der Waals surface area contributed by atoms with E-state index in [1.807, 2.05) is 44.2 Å². The van der Waals surface area contributed by atoms with E-state index >= 15 is 0 Å². The van der Waals surface area contributed by atoms with Crippen LogP contribution in [0.25, 0.3) is 0 Å². The molecule has 8 heteroatoms. The van der Waals surface area contributed by atoms with Crippen molar-refractivity contribution in [3.63, 3.8) is 0 Å². The fraction of sp³-hybridized carbons (Fsp3) is 0.611. The van der Waals surface area contributed by atoms with Gasteiger partial charge in [0.05, 0.1) is 25.9 Å². The van der Waals surface area contributed by atoms with E-state index in [0.29, 0.717) is 19.6 Å². The summed E-state index contributed by atoms with van der Waals surface area (Å²) in [5.41, 5.74) is 0.962. The second kappa shape index (κ2) is 12.1. The van der Waals surface area contributed by atoms with E-state index in [0.717, 1.165) is 5.56 Å². The van der Waals surface area contributed by atoms with Crippen LogP contribution in [0, 0.1) is 0 Å². The number of hydrogen-bond donors (Lipinski definition) is 1. The van der Waals surface area contributed by atoms with Crippen LogP contribution in [0.2, 0.25) is 0 Å². The standard InChI is InChI=1S/C18H31N2O5P/c1-5-24-26(22,25-6-2)14-10-13-20(18(21)19-16(3)4)23-15-17-11-8-7-9-12-17/h7-9,11-12,16H,5-6,10,13-15H2,1-4H3,(H,19,21). The van der Waals surface area contributed by atoms with Crippen LogP contribution in [0.15, 0.2) is 30.3 Å². The van der Waals surface area contributed by atoms with Crippen LogP contribution >= 0.6 is 7.60 Å². The second-order valence-corrected chi connectivity index (χ2v) is 8.17. The molecule has 1 aromatic carbocycles. The molecule has 0 aliphatic heterocycles. The van der Waals surface area contributed by atoms with Gasteiger partial charge in [0, 0.05) is 6.04 Å². The molecule has 148 valence electrons. The number of carbonyl (C=O) groups is 1. The maximum absolute atomic E-state index is 12.5. The van der Waals surface area contributed by atoms with Gasteiger partial charge in [-0.15, -0.1) is 0 Å². The molecule has 0 radical (unpaired) electrons. The van der Waals surface area contributed by atoms with Crippen molar-refractivity contribution < 1.29 is 23.2 Å². The Kier molecular flexibility index (Phi) is 10.5. The third-order valence-electron chi connectivity index (χ3n) is 3.31. The van der Waals surface area contributed by atoms with Crippen LogP contribution in [-0.2, 0) is 25.1 Å². The van der Waals surface area contributed by atoms with Crippen molar-refractivity contribution in [2.45, 2.75) is 46.8 Å². The van der Waals surface area contributed by atoms with Gasteiger partial charge in [0.1, 0.15) is 6.61 Å². The van der Waals surface area contributed by atoms with Gasteiger partial charge in [-0.1, -0.05) is 30.3 Å². The number of rotatable bonds is 12. The first-order valence-electron chi connectivity index (χ1n) is 9.03. The van der Waals surface area contributed by atoms with Crippen LogP contribution in [0.4, 0.5) is 4.79 Å². The minimum Gasteiger partial charge on any atom is -0.334 e. The molecule has 0 saturated carbocycles. The number of benzene rings is 1. The summed E-state index contributed by atoms with van der Waals surface area (Å²) < 4.78 is 23.1. The molecule has 0 heterocycles. The van der Waals surface area contributed by atoms with Crippen molar-refractivity contribution in [3.05, 3.63) is 35.9 Å². The van der Waals surface area contributed by atoms with Crippen LogP contribution in [0.5, 0.6) is 0 Å². The largest absolute Gasteiger partial charge is 0.341 e. The van der Waals surface area contributed by atoms with Crippen molar-refractivity contribution in [2.75, 3.05) is 25.9 Å². The second-order valence-electron chi connectivity index (χ2n) is 5.99. The lowest BCUT2D eigenvalue weighted by Gasteiger charge is -2.24. The molecule has 26 heavy (non-hydrogen) atoms. The van der Waals surface area contributed by atoms with Gasteiger partial charge in [-0.3, -0.25) is 9.40 Å². The van der Waals surface area contributed by atoms with E-state index in [1.165, 1.54) is 5.06 Å². The van der Waals surface area contributed by atoms with Crippen molar-refractivity contribution in [3.8, 4) is 0 Å². The first-order chi connectivity index (χ1) is 12.4. The average molecular weight is 386 g/mol. The molecular formula is C18H31N2O5P. The van der Waals surface area contributed by atoms with E-state index in [9.17, 15) is 9.36 Å². The fourth-order valence-electron chi connectivity index (χ4n) is 2.24. The maximum Gasteiger partial charge on any atom is 0.341 e. The van der Waals surface area contributed by atoms with Gasteiger partial charge < -0.3 is 14.4 Å². The number of amides is 2. The summed E-state index contributed by atoms with van der Waals surface area (Å²) in [5.74, 6) is 0. The monoisotopic (exact) mass is 386 g/mol. The Bertz CT molecular complexity index is 558. The zero-order valence-electron chi connectivity index (χ0n) is 16.1. The predicted octanol–water partition coefficient (Wildman–Crippen LogP) is 4.19. The van der Waals surface area contributed by atoms with Gasteiger partial charge in [0.15, 0.2) is 0 Å². The quantitative estimate of drug-likeness (QED) is 0.430. The summed E-state index contributed by atoms with van der Waals surface area (Å²) in [5, 5.41) is 4.08. The molecular weight excluding hydrogens is 355 g/mol. The van der Waals surface area contributed by atoms with E-state index < -0.39 is 7.60 Å². The minimum absolute atomic E-state index is 0.0109. The molecule has 0 spiro atoms. The molecule has 0 saturated heterocycles. The third-order valence-corrected chi connectivity index (χ3v) is 5.48. The Hall–Kier alpha value is -1.40. The highest BCUT2D eigenvalue weighted by atomic mass is 31.2. The number of urea groups is 1. The summed E-state index contributed by atoms with van der Waals surface area (Å²) in [7, 11) is -3.12. The highest BCUT2D eigenvalue weighted by Gasteiger charge is 2.24. The summed E-state index contributed by atoms with van der Waals surface area (Å²) in [4.78, 5) is 18.0. The lowest BCUT2D eigenvalue weighted by Crippen LogP contribution is -2.43. The highest BCUT2D eigenvalue weighted by Crippen LogP contribution is 2.48. The number of hydrogen-bond acceptors (Lipinski definition) is 5. The first kappa shape index (κ1) is 22.6. The molecule has 0 aliphatic carbocycles. The van der Waals surface area contributed by atoms with Gasteiger partial charge in [-0.25, -0.2) is 9.86 Å². The van der Waals surface area contributed by atoms with Gasteiger partial charge in [-0.05, 0) is 39.7 Å². The van der Waals surface area contributed by atoms with E-state index in [4.69, 9.17) is 13.9 Å². The Morgan fingerprint density at radius 1 is 1.15 bits per heavy atom. The van der Waals surface area contributed by atoms with Crippen LogP contribution in [0.3, 0.4) is 0 Å². The molecule has 2 amide bonds. The smallest absolute Gasteiger partial charge is 0.334 e. The molecule has 0 aliphatic rings. The van der Waals surface area contributed by atoms with Crippen molar-refractivity contribution in [1.82, 2.24) is 10.4 Å². The number of nitrogens with zero attached hydrogens (tertiary/aromatic N) is 1. The zero-order valence-corrected chi connectivity index (χ0v) is 17.0. The Balaban J connectivity index is 2.63. The highest BCUT2D eigenvalue weighted by molar-refractivity contribution is 7.53. The number of carbonyl (C=O) groups excluding carboxylic acids is 1. The Morgan fingerprint density at radius 3 is 2.31 bits per heavy atom. The molecule has 7 nitrogen and oxygen atoms in total. The molecule has 0 aromatic heterocycles. The van der Waals surface area contributed by atoms with Gasteiger partial charge >= 0.3 is 13.6 Å². The average Bonchev–Trinajstić information content (AvgIpc) is 2.58. The van der Waals surface area contributed by atoms with Gasteiger partial charge in [0.25, 0.3) is 0 Å². The predicted molar refractivity (Wildman–Crippen MR) is 102 cm³/mol. The van der Waals surface area contributed by atoms with Crippen LogP contribution in [0.1, 0.15) is 39.7 Å². The van der Waals surface area contributed by atoms with Crippen molar-refractivity contribution >= 4 is 13.6 Å². The fourth-order valence-corrected chi connectivity index (χ4v) is 3.89. The molecule has 1 rings (SSSR count). The lowest BCUT2D eigenvalue weighted by molar-refractivity contribution is -0.128. The summed E-state index contributed by atoms with van der Waals surface area (Å²) in [6.07, 6.45) is 0.673. The van der Waals surface area contributed by atoms with E-state index in [1.54, 1.807) is 13.8 Å². The lowest BCUT2D eigenvalue weighted by atomic mass is 10.2. The number of hydroxylamine groups is 2. The molecule has 0 bridgehead atoms. The molecule has 0 fully saturated rings. The topological polar surface area (TPSA) is 77.1 Å². The normalized spacial score (nSPS) is 11.6. The van der Waals surface area contributed by atoms with Crippen LogP contribution in [-0.4, -0.2) is 43.1 Å². The van der Waals surface area contributed by atoms with Gasteiger partial charge in [0.2, 0.25) is 0 Å². The molecule has 1 aromatic rings. The molecule has 1 N–H and O–H groups in total. The van der Waals surface area contributed by atoms with Crippen LogP contribution < -0.4 is 5.32 Å². The summed E-state index contributed by atoms with van der Waals surface area (Å²) >= 11 is 0. The maximum atomic E-state index is 12.5. The van der Waals surface area contributed by atoms with E-state index in [-0.39, 0.29) is 31.4 Å². The Morgan fingerprint density at radius 2 is 1.77 bits per heavy atom. The molecule has 0 atom stereocenters. The minimum atomic E-state index is -3.12. The third kappa shape index (κ3) is 8.81. The van der Waals surface area contributed by atoms with Crippen molar-refractivity contribution in [1.29, 1.82) is 0 Å². The van der Waals surface area contributed by atoms with E-state index in [2.05, 4.69) is 5.32 Å². The SMILES string of the molecule is CCOP(=O)(CCCN(OCc1ccccc1)C(=O)NC(C)C)OCC. The number of nitrogens with one attached hydrogen (secondary N) is 1. The Labute approximate surface area is 156 Å². The summed E-state index contributed by atoms with van der Waals surface area (Å²) in [6, 6.07) is 9.27. The zero-order chi connectivity index (χ0) is 19.4. The van der Waals surface area contributed by atoms with Gasteiger partial charge in [-0.2, -0.15) is 0 Å². The molecule has 0 unspecified atom stereocenters. The summed E-state index contributed by atoms with van der Waals surface area (Å²) in [6.45, 7) is 8.51. The first-order valence-corrected chi connectivity index (χ1v) is 10.8.